The van der Waals surface area contributed by atoms with Crippen LogP contribution in [0.3, 0.4) is 0 Å². The lowest BCUT2D eigenvalue weighted by atomic mass is 9.95. The van der Waals surface area contributed by atoms with Crippen LogP contribution in [0.5, 0.6) is 0 Å². The van der Waals surface area contributed by atoms with E-state index in [-0.39, 0.29) is 30.4 Å². The van der Waals surface area contributed by atoms with Gasteiger partial charge in [-0.05, 0) is 74.2 Å². The predicted molar refractivity (Wildman–Crippen MR) is 112 cm³/mol. The van der Waals surface area contributed by atoms with Gasteiger partial charge in [0.2, 0.25) is 5.91 Å². The molecule has 8 heteroatoms. The molecule has 0 fully saturated rings. The second-order valence-electron chi connectivity index (χ2n) is 7.52. The number of benzene rings is 2. The number of hydrogen-bond donors (Lipinski definition) is 1. The topological polar surface area (TPSA) is 81.2 Å². The maximum absolute atomic E-state index is 13.6. The summed E-state index contributed by atoms with van der Waals surface area (Å²) >= 11 is 0. The van der Waals surface area contributed by atoms with Gasteiger partial charge in [0, 0.05) is 29.9 Å². The van der Waals surface area contributed by atoms with E-state index < -0.39 is 11.7 Å². The van der Waals surface area contributed by atoms with Crippen LogP contribution < -0.4 is 10.6 Å². The van der Waals surface area contributed by atoms with Gasteiger partial charge in [-0.2, -0.15) is 5.10 Å². The number of anilines is 1. The predicted octanol–water partition coefficient (Wildman–Crippen LogP) is 3.55. The summed E-state index contributed by atoms with van der Waals surface area (Å²) in [5.74, 6) is -1.70. The molecule has 0 saturated carbocycles. The van der Waals surface area contributed by atoms with Gasteiger partial charge in [0.05, 0.1) is 5.69 Å². The van der Waals surface area contributed by atoms with Crippen LogP contribution in [0.2, 0.25) is 0 Å². The molecule has 0 aliphatic heterocycles. The summed E-state index contributed by atoms with van der Waals surface area (Å²) < 4.78 is 28.5. The summed E-state index contributed by atoms with van der Waals surface area (Å²) in [5, 5.41) is 4.60. The lowest BCUT2D eigenvalue weighted by Gasteiger charge is -2.22. The monoisotopic (exact) mass is 424 g/mol. The van der Waals surface area contributed by atoms with E-state index in [9.17, 15) is 18.4 Å². The fraction of sp³-hybridized carbons (Fsp3) is 0.261. The van der Waals surface area contributed by atoms with Crippen molar-refractivity contribution < 1.29 is 18.4 Å². The molecule has 0 bridgehead atoms. The summed E-state index contributed by atoms with van der Waals surface area (Å²) in [6.07, 6.45) is 3.32. The standard InChI is InChI=1S/C23H22F2N4O2/c24-15-5-9-17(10-6-15)28(14-13-21(26)30)23(31)22-19-3-1-2-4-20(19)29(27-22)18-11-7-16(25)8-12-18/h5-12H,1-4,13-14H2,(H2,26,30). The first-order valence-corrected chi connectivity index (χ1v) is 10.2. The molecule has 1 aliphatic rings. The van der Waals surface area contributed by atoms with Gasteiger partial charge in [-0.15, -0.1) is 0 Å². The van der Waals surface area contributed by atoms with Crippen molar-refractivity contribution >= 4 is 17.5 Å². The maximum Gasteiger partial charge on any atom is 0.279 e. The number of nitrogens with zero attached hydrogens (tertiary/aromatic N) is 3. The molecule has 2 aromatic carbocycles. The Kier molecular flexibility index (Phi) is 5.79. The molecule has 2 amide bonds. The van der Waals surface area contributed by atoms with Crippen LogP contribution in [0.1, 0.15) is 41.0 Å². The third-order valence-corrected chi connectivity index (χ3v) is 5.42. The first-order chi connectivity index (χ1) is 14.9. The van der Waals surface area contributed by atoms with Crippen molar-refractivity contribution in [2.45, 2.75) is 32.1 Å². The van der Waals surface area contributed by atoms with Crippen LogP contribution in [0, 0.1) is 11.6 Å². The average Bonchev–Trinajstić information content (AvgIpc) is 3.15. The van der Waals surface area contributed by atoms with Crippen molar-refractivity contribution in [1.82, 2.24) is 9.78 Å². The van der Waals surface area contributed by atoms with E-state index in [0.29, 0.717) is 17.8 Å². The highest BCUT2D eigenvalue weighted by molar-refractivity contribution is 6.06. The van der Waals surface area contributed by atoms with Crippen molar-refractivity contribution in [1.29, 1.82) is 0 Å². The Bertz CT molecular complexity index is 1110. The molecule has 0 atom stereocenters. The van der Waals surface area contributed by atoms with E-state index in [1.165, 1.54) is 41.3 Å². The zero-order chi connectivity index (χ0) is 22.0. The number of aromatic nitrogens is 2. The van der Waals surface area contributed by atoms with Gasteiger partial charge in [-0.25, -0.2) is 13.5 Å². The summed E-state index contributed by atoms with van der Waals surface area (Å²) in [6.45, 7) is 0.0536. The van der Waals surface area contributed by atoms with Crippen molar-refractivity contribution in [2.24, 2.45) is 5.73 Å². The first-order valence-electron chi connectivity index (χ1n) is 10.2. The molecule has 1 aromatic heterocycles. The number of halogens is 2. The van der Waals surface area contributed by atoms with Crippen LogP contribution in [-0.4, -0.2) is 28.1 Å². The second-order valence-corrected chi connectivity index (χ2v) is 7.52. The van der Waals surface area contributed by atoms with Gasteiger partial charge in [-0.3, -0.25) is 9.59 Å². The Balaban J connectivity index is 1.76. The summed E-state index contributed by atoms with van der Waals surface area (Å²) in [6, 6.07) is 11.4. The van der Waals surface area contributed by atoms with E-state index in [2.05, 4.69) is 5.10 Å². The third-order valence-electron chi connectivity index (χ3n) is 5.42. The van der Waals surface area contributed by atoms with E-state index >= 15 is 0 Å². The molecule has 3 aromatic rings. The van der Waals surface area contributed by atoms with E-state index in [0.717, 1.165) is 30.5 Å². The van der Waals surface area contributed by atoms with Crippen LogP contribution in [-0.2, 0) is 17.6 Å². The van der Waals surface area contributed by atoms with Crippen LogP contribution in [0.4, 0.5) is 14.5 Å². The minimum absolute atomic E-state index is 0.0377. The van der Waals surface area contributed by atoms with E-state index in [1.807, 2.05) is 0 Å². The van der Waals surface area contributed by atoms with Gasteiger partial charge in [0.1, 0.15) is 11.6 Å². The van der Waals surface area contributed by atoms with Crippen molar-refractivity contribution in [3.63, 3.8) is 0 Å². The highest BCUT2D eigenvalue weighted by atomic mass is 19.1. The molecule has 1 heterocycles. The fourth-order valence-corrected chi connectivity index (χ4v) is 3.89. The number of fused-ring (bicyclic) bond motifs is 1. The molecule has 31 heavy (non-hydrogen) atoms. The smallest absolute Gasteiger partial charge is 0.279 e. The quantitative estimate of drug-likeness (QED) is 0.657. The number of hydrogen-bond acceptors (Lipinski definition) is 3. The zero-order valence-corrected chi connectivity index (χ0v) is 16.9. The van der Waals surface area contributed by atoms with Crippen LogP contribution in [0.25, 0.3) is 5.69 Å². The van der Waals surface area contributed by atoms with Gasteiger partial charge >= 0.3 is 0 Å². The van der Waals surface area contributed by atoms with Gasteiger partial charge in [-0.1, -0.05) is 0 Å². The van der Waals surface area contributed by atoms with Crippen LogP contribution >= 0.6 is 0 Å². The minimum Gasteiger partial charge on any atom is -0.370 e. The van der Waals surface area contributed by atoms with Gasteiger partial charge in [0.15, 0.2) is 5.69 Å². The average molecular weight is 424 g/mol. The normalized spacial score (nSPS) is 13.0. The Morgan fingerprint density at radius 2 is 1.58 bits per heavy atom. The maximum atomic E-state index is 13.6. The number of primary amides is 1. The Labute approximate surface area is 178 Å². The number of nitrogens with two attached hydrogens (primary N) is 1. The summed E-state index contributed by atoms with van der Waals surface area (Å²) in [5.41, 5.74) is 8.49. The number of rotatable bonds is 6. The number of amides is 2. The fourth-order valence-electron chi connectivity index (χ4n) is 3.89. The molecule has 6 nitrogen and oxygen atoms in total. The van der Waals surface area contributed by atoms with Crippen LogP contribution in [0.15, 0.2) is 48.5 Å². The lowest BCUT2D eigenvalue weighted by Crippen LogP contribution is -2.35. The molecular formula is C23H22F2N4O2. The second kappa shape index (κ2) is 8.67. The largest absolute Gasteiger partial charge is 0.370 e. The SMILES string of the molecule is NC(=O)CCN(C(=O)c1nn(-c2ccc(F)cc2)c2c1CCCC2)c1ccc(F)cc1. The van der Waals surface area contributed by atoms with E-state index in [1.54, 1.807) is 16.8 Å². The molecule has 4 rings (SSSR count). The van der Waals surface area contributed by atoms with Crippen molar-refractivity contribution in [3.05, 3.63) is 77.1 Å². The summed E-state index contributed by atoms with van der Waals surface area (Å²) in [7, 11) is 0. The highest BCUT2D eigenvalue weighted by Gasteiger charge is 2.29. The summed E-state index contributed by atoms with van der Waals surface area (Å²) in [4.78, 5) is 26.3. The molecule has 0 saturated heterocycles. The molecule has 0 unspecified atom stereocenters. The molecule has 160 valence electrons. The van der Waals surface area contributed by atoms with Crippen molar-refractivity contribution in [3.8, 4) is 5.69 Å². The molecule has 1 aliphatic carbocycles. The molecule has 2 N–H and O–H groups in total. The van der Waals surface area contributed by atoms with Crippen molar-refractivity contribution in [2.75, 3.05) is 11.4 Å². The van der Waals surface area contributed by atoms with Gasteiger partial charge in [0.25, 0.3) is 5.91 Å². The number of carbonyl (C=O) groups is 2. The Hall–Kier alpha value is -3.55. The van der Waals surface area contributed by atoms with E-state index in [4.69, 9.17) is 5.73 Å². The van der Waals surface area contributed by atoms with Gasteiger partial charge < -0.3 is 10.6 Å². The highest BCUT2D eigenvalue weighted by Crippen LogP contribution is 2.29. The number of carbonyl (C=O) groups excluding carboxylic acids is 2. The third kappa shape index (κ3) is 4.33. The molecule has 0 spiro atoms. The lowest BCUT2D eigenvalue weighted by molar-refractivity contribution is -0.117. The zero-order valence-electron chi connectivity index (χ0n) is 16.9. The molecule has 0 radical (unpaired) electrons. The Morgan fingerprint density at radius 3 is 2.23 bits per heavy atom. The Morgan fingerprint density at radius 1 is 0.968 bits per heavy atom. The molecular weight excluding hydrogens is 402 g/mol. The minimum atomic E-state index is -0.543. The first kappa shape index (κ1) is 20.7.